The molecule has 35 heavy (non-hydrogen) atoms. The molecule has 0 aromatic heterocycles. The first-order chi connectivity index (χ1) is 16.6. The number of ether oxygens (including phenoxy) is 1. The Hall–Kier alpha value is -3.74. The average Bonchev–Trinajstić information content (AvgIpc) is 2.84. The monoisotopic (exact) mass is 486 g/mol. The minimum atomic E-state index is -4.56. The first-order valence-electron chi connectivity index (χ1n) is 11.1. The minimum absolute atomic E-state index is 0.00211. The molecule has 4 rings (SSSR count). The van der Waals surface area contributed by atoms with Gasteiger partial charge >= 0.3 is 0 Å². The van der Waals surface area contributed by atoms with Crippen LogP contribution >= 0.6 is 0 Å². The lowest BCUT2D eigenvalue weighted by atomic mass is 9.78. The number of ketones is 1. The summed E-state index contributed by atoms with van der Waals surface area (Å²) < 4.78 is 40.2. The highest BCUT2D eigenvalue weighted by Crippen LogP contribution is 2.37. The molecule has 4 aromatic carbocycles. The summed E-state index contributed by atoms with van der Waals surface area (Å²) in [6, 6.07) is 28.2. The summed E-state index contributed by atoms with van der Waals surface area (Å²) in [5.74, 6) is 0.214. The fraction of sp³-hybridized carbons (Fsp3) is 0.138. The van der Waals surface area contributed by atoms with E-state index in [4.69, 9.17) is 4.74 Å². The van der Waals surface area contributed by atoms with Crippen molar-refractivity contribution >= 4 is 15.9 Å². The van der Waals surface area contributed by atoms with Crippen molar-refractivity contribution in [2.24, 2.45) is 0 Å². The summed E-state index contributed by atoms with van der Waals surface area (Å²) >= 11 is 0. The molecule has 0 atom stereocenters. The number of hydrogen-bond acceptors (Lipinski definition) is 4. The predicted octanol–water partition coefficient (Wildman–Crippen LogP) is 6.59. The summed E-state index contributed by atoms with van der Waals surface area (Å²) in [7, 11) is -4.56. The van der Waals surface area contributed by atoms with Gasteiger partial charge in [0.1, 0.15) is 16.4 Å². The van der Waals surface area contributed by atoms with Gasteiger partial charge in [0, 0.05) is 16.5 Å². The van der Waals surface area contributed by atoms with Crippen LogP contribution in [-0.4, -0.2) is 18.8 Å². The summed E-state index contributed by atoms with van der Waals surface area (Å²) in [6.07, 6.45) is 0. The topological polar surface area (TPSA) is 80.7 Å². The molecule has 6 heteroatoms. The second kappa shape index (κ2) is 9.49. The largest absolute Gasteiger partial charge is 0.456 e. The summed E-state index contributed by atoms with van der Waals surface area (Å²) in [5, 5.41) is 0. The van der Waals surface area contributed by atoms with Crippen LogP contribution < -0.4 is 4.74 Å². The highest BCUT2D eigenvalue weighted by molar-refractivity contribution is 7.86. The maximum absolute atomic E-state index is 12.7. The van der Waals surface area contributed by atoms with Crippen molar-refractivity contribution in [3.8, 4) is 11.5 Å². The van der Waals surface area contributed by atoms with Gasteiger partial charge in [0.2, 0.25) is 0 Å². The SMILES string of the molecule is Cc1ccc(C(=O)c2ccc(Oc3ccc(C(C)(C)c4ccccc4)cc3S(=O)(=O)O)cc2)cc1. The second-order valence-electron chi connectivity index (χ2n) is 8.95. The predicted molar refractivity (Wildman–Crippen MR) is 136 cm³/mol. The third-order valence-electron chi connectivity index (χ3n) is 6.10. The number of aryl methyl sites for hydroxylation is 1. The van der Waals surface area contributed by atoms with Gasteiger partial charge in [0.15, 0.2) is 5.78 Å². The molecule has 0 saturated heterocycles. The molecule has 0 spiro atoms. The lowest BCUT2D eigenvalue weighted by Gasteiger charge is -2.27. The lowest BCUT2D eigenvalue weighted by Crippen LogP contribution is -2.19. The molecule has 0 aliphatic rings. The number of benzene rings is 4. The molecule has 0 radical (unpaired) electrons. The molecule has 0 amide bonds. The Morgan fingerprint density at radius 2 is 1.34 bits per heavy atom. The van der Waals surface area contributed by atoms with Crippen molar-refractivity contribution in [3.05, 3.63) is 125 Å². The van der Waals surface area contributed by atoms with Crippen molar-refractivity contribution < 1.29 is 22.5 Å². The zero-order chi connectivity index (χ0) is 25.2. The zero-order valence-corrected chi connectivity index (χ0v) is 20.5. The van der Waals surface area contributed by atoms with Crippen LogP contribution in [0.15, 0.2) is 102 Å². The number of carbonyl (C=O) groups is 1. The van der Waals surface area contributed by atoms with E-state index in [0.717, 1.165) is 11.1 Å². The number of carbonyl (C=O) groups excluding carboxylic acids is 1. The second-order valence-corrected chi connectivity index (χ2v) is 10.3. The van der Waals surface area contributed by atoms with Gasteiger partial charge in [0.25, 0.3) is 10.1 Å². The maximum Gasteiger partial charge on any atom is 0.298 e. The Labute approximate surface area is 205 Å². The van der Waals surface area contributed by atoms with E-state index in [1.165, 1.54) is 12.1 Å². The van der Waals surface area contributed by atoms with Crippen molar-refractivity contribution in [2.45, 2.75) is 31.1 Å². The van der Waals surface area contributed by atoms with Crippen LogP contribution in [0.25, 0.3) is 0 Å². The first kappa shape index (κ1) is 24.4. The van der Waals surface area contributed by atoms with E-state index in [-0.39, 0.29) is 16.4 Å². The van der Waals surface area contributed by atoms with E-state index in [2.05, 4.69) is 0 Å². The quantitative estimate of drug-likeness (QED) is 0.235. The van der Waals surface area contributed by atoms with Crippen molar-refractivity contribution in [1.82, 2.24) is 0 Å². The summed E-state index contributed by atoms with van der Waals surface area (Å²) in [5.41, 5.74) is 3.34. The van der Waals surface area contributed by atoms with Crippen molar-refractivity contribution in [3.63, 3.8) is 0 Å². The van der Waals surface area contributed by atoms with Crippen LogP contribution in [0.3, 0.4) is 0 Å². The van der Waals surface area contributed by atoms with Crippen LogP contribution in [0.2, 0.25) is 0 Å². The average molecular weight is 487 g/mol. The van der Waals surface area contributed by atoms with Crippen molar-refractivity contribution in [1.29, 1.82) is 0 Å². The summed E-state index contributed by atoms with van der Waals surface area (Å²) in [4.78, 5) is 12.4. The van der Waals surface area contributed by atoms with Gasteiger partial charge in [-0.15, -0.1) is 0 Å². The molecule has 5 nitrogen and oxygen atoms in total. The Morgan fingerprint density at radius 3 is 1.91 bits per heavy atom. The third-order valence-corrected chi connectivity index (χ3v) is 6.97. The molecule has 0 heterocycles. The smallest absolute Gasteiger partial charge is 0.298 e. The molecule has 178 valence electrons. The van der Waals surface area contributed by atoms with Crippen LogP contribution in [-0.2, 0) is 15.5 Å². The van der Waals surface area contributed by atoms with Gasteiger partial charge < -0.3 is 4.74 Å². The van der Waals surface area contributed by atoms with E-state index in [1.54, 1.807) is 42.5 Å². The molecule has 0 unspecified atom stereocenters. The van der Waals surface area contributed by atoms with Crippen LogP contribution in [0.1, 0.15) is 46.5 Å². The maximum atomic E-state index is 12.7. The van der Waals surface area contributed by atoms with E-state index in [0.29, 0.717) is 22.4 Å². The Morgan fingerprint density at radius 1 is 0.771 bits per heavy atom. The highest BCUT2D eigenvalue weighted by atomic mass is 32.2. The van der Waals surface area contributed by atoms with E-state index < -0.39 is 15.5 Å². The highest BCUT2D eigenvalue weighted by Gasteiger charge is 2.27. The Kier molecular flexibility index (Phi) is 6.61. The molecule has 0 saturated carbocycles. The standard InChI is InChI=1S/C29H26O5S/c1-20-9-11-21(12-10-20)28(30)22-13-16-25(17-14-22)34-26-18-15-24(19-27(26)35(31,32)33)29(2,3)23-7-5-4-6-8-23/h4-19H,1-3H3,(H,31,32,33). The molecule has 0 fully saturated rings. The van der Waals surface area contributed by atoms with Crippen LogP contribution in [0, 0.1) is 6.92 Å². The Balaban J connectivity index is 1.63. The molecule has 1 N–H and O–H groups in total. The lowest BCUT2D eigenvalue weighted by molar-refractivity contribution is 0.103. The van der Waals surface area contributed by atoms with Gasteiger partial charge in [-0.3, -0.25) is 9.35 Å². The van der Waals surface area contributed by atoms with Crippen LogP contribution in [0.4, 0.5) is 0 Å². The minimum Gasteiger partial charge on any atom is -0.456 e. The van der Waals surface area contributed by atoms with Crippen molar-refractivity contribution in [2.75, 3.05) is 0 Å². The molecular formula is C29H26O5S. The zero-order valence-electron chi connectivity index (χ0n) is 19.7. The third kappa shape index (κ3) is 5.34. The Bertz CT molecular complexity index is 1450. The molecule has 0 aliphatic heterocycles. The fourth-order valence-corrected chi connectivity index (χ4v) is 4.52. The number of rotatable bonds is 7. The van der Waals surface area contributed by atoms with E-state index in [9.17, 15) is 17.8 Å². The molecular weight excluding hydrogens is 460 g/mol. The molecule has 0 aliphatic carbocycles. The molecule has 0 bridgehead atoms. The van der Waals surface area contributed by atoms with Gasteiger partial charge in [-0.2, -0.15) is 8.42 Å². The fourth-order valence-electron chi connectivity index (χ4n) is 3.88. The van der Waals surface area contributed by atoms with Gasteiger partial charge in [-0.25, -0.2) is 0 Å². The van der Waals surface area contributed by atoms with Gasteiger partial charge in [0.05, 0.1) is 0 Å². The molecule has 4 aromatic rings. The van der Waals surface area contributed by atoms with E-state index >= 15 is 0 Å². The summed E-state index contributed by atoms with van der Waals surface area (Å²) in [6.45, 7) is 5.92. The normalized spacial score (nSPS) is 11.8. The number of hydrogen-bond donors (Lipinski definition) is 1. The first-order valence-corrected chi connectivity index (χ1v) is 12.6. The van der Waals surface area contributed by atoms with Gasteiger partial charge in [-0.05, 0) is 54.4 Å². The van der Waals surface area contributed by atoms with E-state index in [1.807, 2.05) is 63.2 Å². The van der Waals surface area contributed by atoms with Crippen LogP contribution in [0.5, 0.6) is 11.5 Å². The van der Waals surface area contributed by atoms with Gasteiger partial charge in [-0.1, -0.05) is 80.1 Å².